The minimum atomic E-state index is -4.08. The van der Waals surface area contributed by atoms with E-state index in [1.165, 1.54) is 6.07 Å². The molecule has 0 aliphatic carbocycles. The van der Waals surface area contributed by atoms with Crippen LogP contribution in [0, 0.1) is 6.92 Å². The molecule has 0 aliphatic rings. The maximum absolute atomic E-state index is 12.2. The highest BCUT2D eigenvalue weighted by molar-refractivity contribution is 7.89. The number of carbonyl (C=O) groups is 1. The Balaban J connectivity index is 2.31. The van der Waals surface area contributed by atoms with Crippen molar-refractivity contribution < 1.29 is 22.8 Å². The molecule has 1 heterocycles. The summed E-state index contributed by atoms with van der Waals surface area (Å²) in [5, 5.41) is 12.6. The molecule has 4 N–H and O–H groups in total. The van der Waals surface area contributed by atoms with Gasteiger partial charge in [0.05, 0.1) is 17.0 Å². The van der Waals surface area contributed by atoms with Crippen LogP contribution in [-0.2, 0) is 16.6 Å². The van der Waals surface area contributed by atoms with E-state index in [0.717, 1.165) is 12.1 Å². The zero-order valence-electron chi connectivity index (χ0n) is 10.9. The number of carboxylic acid groups (broad SMARTS) is 1. The fourth-order valence-electron chi connectivity index (χ4n) is 1.59. The number of benzene rings is 1. The molecular weight excluding hydrogens is 300 g/mol. The molecule has 10 heteroatoms. The summed E-state index contributed by atoms with van der Waals surface area (Å²) >= 11 is 0. The van der Waals surface area contributed by atoms with E-state index in [2.05, 4.69) is 14.9 Å². The average molecular weight is 312 g/mol. The van der Waals surface area contributed by atoms with Crippen LogP contribution in [0.4, 0.5) is 5.69 Å². The summed E-state index contributed by atoms with van der Waals surface area (Å²) in [5.41, 5.74) is 5.27. The summed E-state index contributed by atoms with van der Waals surface area (Å²) in [6.07, 6.45) is 0. The summed E-state index contributed by atoms with van der Waals surface area (Å²) in [7, 11) is -4.08. The molecule has 0 fully saturated rings. The number of hydrogen-bond donors (Lipinski definition) is 3. The lowest BCUT2D eigenvalue weighted by molar-refractivity contribution is 0.0692. The van der Waals surface area contributed by atoms with Crippen molar-refractivity contribution in [2.24, 2.45) is 0 Å². The van der Waals surface area contributed by atoms with Crippen molar-refractivity contribution in [3.8, 4) is 0 Å². The van der Waals surface area contributed by atoms with Crippen LogP contribution < -0.4 is 10.5 Å². The Hall–Kier alpha value is -2.46. The number of sulfonamides is 1. The Morgan fingerprint density at radius 1 is 1.48 bits per heavy atom. The molecule has 9 nitrogen and oxygen atoms in total. The van der Waals surface area contributed by atoms with E-state index in [1.807, 2.05) is 0 Å². The van der Waals surface area contributed by atoms with Gasteiger partial charge in [-0.3, -0.25) is 0 Å². The zero-order valence-corrected chi connectivity index (χ0v) is 11.7. The molecule has 2 aromatic rings. The van der Waals surface area contributed by atoms with Crippen LogP contribution in [0.3, 0.4) is 0 Å². The zero-order chi connectivity index (χ0) is 15.6. The molecule has 21 heavy (non-hydrogen) atoms. The molecule has 0 saturated heterocycles. The predicted octanol–water partition coefficient (Wildman–Crippen LogP) is 0.137. The van der Waals surface area contributed by atoms with Crippen LogP contribution in [-0.4, -0.2) is 29.6 Å². The van der Waals surface area contributed by atoms with Crippen LogP contribution in [0.5, 0.6) is 0 Å². The summed E-state index contributed by atoms with van der Waals surface area (Å²) in [5.74, 6) is -0.943. The normalized spacial score (nSPS) is 11.5. The monoisotopic (exact) mass is 312 g/mol. The van der Waals surface area contributed by atoms with Gasteiger partial charge in [-0.2, -0.15) is 4.98 Å². The van der Waals surface area contributed by atoms with Gasteiger partial charge in [-0.1, -0.05) is 5.16 Å². The van der Waals surface area contributed by atoms with E-state index in [1.54, 1.807) is 6.92 Å². The van der Waals surface area contributed by atoms with Gasteiger partial charge >= 0.3 is 5.97 Å². The van der Waals surface area contributed by atoms with E-state index in [4.69, 9.17) is 15.4 Å². The van der Waals surface area contributed by atoms with E-state index < -0.39 is 20.9 Å². The van der Waals surface area contributed by atoms with E-state index >= 15 is 0 Å². The molecule has 0 spiro atoms. The van der Waals surface area contributed by atoms with Crippen molar-refractivity contribution in [3.63, 3.8) is 0 Å². The summed E-state index contributed by atoms with van der Waals surface area (Å²) in [4.78, 5) is 14.5. The maximum Gasteiger partial charge on any atom is 0.337 e. The Kier molecular flexibility index (Phi) is 3.91. The SMILES string of the molecule is Cc1nc(CNS(=O)(=O)c2cc(N)ccc2C(=O)O)no1. The lowest BCUT2D eigenvalue weighted by Crippen LogP contribution is -2.25. The highest BCUT2D eigenvalue weighted by Gasteiger charge is 2.23. The van der Waals surface area contributed by atoms with Crippen LogP contribution in [0.1, 0.15) is 22.1 Å². The van der Waals surface area contributed by atoms with Gasteiger partial charge in [-0.05, 0) is 18.2 Å². The first-order valence-corrected chi connectivity index (χ1v) is 7.19. The van der Waals surface area contributed by atoms with E-state index in [-0.39, 0.29) is 23.6 Å². The van der Waals surface area contributed by atoms with Crippen molar-refractivity contribution >= 4 is 21.7 Å². The average Bonchev–Trinajstić information content (AvgIpc) is 2.82. The van der Waals surface area contributed by atoms with Gasteiger partial charge in [0, 0.05) is 12.6 Å². The van der Waals surface area contributed by atoms with Crippen molar-refractivity contribution in [2.75, 3.05) is 5.73 Å². The van der Waals surface area contributed by atoms with Gasteiger partial charge in [0.1, 0.15) is 0 Å². The molecule has 1 aromatic heterocycles. The van der Waals surface area contributed by atoms with Crippen molar-refractivity contribution in [1.29, 1.82) is 0 Å². The fourth-order valence-corrected chi connectivity index (χ4v) is 2.80. The molecule has 2 rings (SSSR count). The molecule has 0 saturated carbocycles. The first-order valence-electron chi connectivity index (χ1n) is 5.71. The number of carboxylic acids is 1. The molecule has 0 atom stereocenters. The Labute approximate surface area is 119 Å². The van der Waals surface area contributed by atoms with Crippen LogP contribution in [0.25, 0.3) is 0 Å². The Morgan fingerprint density at radius 3 is 2.76 bits per heavy atom. The minimum Gasteiger partial charge on any atom is -0.478 e. The number of aromatic nitrogens is 2. The number of aromatic carboxylic acids is 1. The van der Waals surface area contributed by atoms with Gasteiger partial charge in [0.2, 0.25) is 15.9 Å². The smallest absolute Gasteiger partial charge is 0.337 e. The summed E-state index contributed by atoms with van der Waals surface area (Å²) in [6.45, 7) is 1.33. The topological polar surface area (TPSA) is 148 Å². The molecule has 0 bridgehead atoms. The lowest BCUT2D eigenvalue weighted by Gasteiger charge is -2.08. The van der Waals surface area contributed by atoms with Crippen molar-refractivity contribution in [3.05, 3.63) is 35.5 Å². The van der Waals surface area contributed by atoms with Crippen LogP contribution in [0.2, 0.25) is 0 Å². The number of nitrogens with two attached hydrogens (primary N) is 1. The molecular formula is C11H12N4O5S. The molecule has 0 aliphatic heterocycles. The molecule has 1 aromatic carbocycles. The molecule has 0 radical (unpaired) electrons. The quantitative estimate of drug-likeness (QED) is 0.660. The number of nitrogen functional groups attached to an aromatic ring is 1. The number of hydrogen-bond acceptors (Lipinski definition) is 7. The number of nitrogens with one attached hydrogen (secondary N) is 1. The second-order valence-electron chi connectivity index (χ2n) is 4.11. The highest BCUT2D eigenvalue weighted by atomic mass is 32.2. The fraction of sp³-hybridized carbons (Fsp3) is 0.182. The van der Waals surface area contributed by atoms with Gasteiger partial charge in [0.25, 0.3) is 0 Å². The third kappa shape index (κ3) is 3.35. The molecule has 0 amide bonds. The van der Waals surface area contributed by atoms with Gasteiger partial charge in [-0.25, -0.2) is 17.9 Å². The van der Waals surface area contributed by atoms with Crippen molar-refractivity contribution in [2.45, 2.75) is 18.4 Å². The number of nitrogens with zero attached hydrogens (tertiary/aromatic N) is 2. The number of aryl methyl sites for hydroxylation is 1. The highest BCUT2D eigenvalue weighted by Crippen LogP contribution is 2.19. The first-order chi connectivity index (χ1) is 9.79. The Morgan fingerprint density at radius 2 is 2.19 bits per heavy atom. The summed E-state index contributed by atoms with van der Waals surface area (Å²) < 4.78 is 31.2. The first kappa shape index (κ1) is 14.9. The largest absolute Gasteiger partial charge is 0.478 e. The Bertz CT molecular complexity index is 784. The second-order valence-corrected chi connectivity index (χ2v) is 5.85. The van der Waals surface area contributed by atoms with E-state index in [9.17, 15) is 13.2 Å². The third-order valence-corrected chi connectivity index (χ3v) is 3.96. The number of anilines is 1. The van der Waals surface area contributed by atoms with Crippen LogP contribution >= 0.6 is 0 Å². The second kappa shape index (κ2) is 5.50. The minimum absolute atomic E-state index is 0.135. The van der Waals surface area contributed by atoms with Gasteiger partial charge < -0.3 is 15.4 Å². The third-order valence-electron chi connectivity index (χ3n) is 2.52. The maximum atomic E-state index is 12.2. The number of rotatable bonds is 5. The van der Waals surface area contributed by atoms with Gasteiger partial charge in [0.15, 0.2) is 5.82 Å². The predicted molar refractivity (Wildman–Crippen MR) is 70.9 cm³/mol. The van der Waals surface area contributed by atoms with E-state index in [0.29, 0.717) is 5.89 Å². The molecule has 112 valence electrons. The lowest BCUT2D eigenvalue weighted by atomic mass is 10.2. The van der Waals surface area contributed by atoms with Crippen LogP contribution in [0.15, 0.2) is 27.6 Å². The standard InChI is InChI=1S/C11H12N4O5S/c1-6-14-10(15-20-6)5-13-21(18,19)9-4-7(12)2-3-8(9)11(16)17/h2-4,13H,5,12H2,1H3,(H,16,17). The molecule has 0 unspecified atom stereocenters. The van der Waals surface area contributed by atoms with Crippen molar-refractivity contribution in [1.82, 2.24) is 14.9 Å². The summed E-state index contributed by atoms with van der Waals surface area (Å²) in [6, 6.07) is 3.52. The van der Waals surface area contributed by atoms with Gasteiger partial charge in [-0.15, -0.1) is 0 Å².